The van der Waals surface area contributed by atoms with Gasteiger partial charge >= 0.3 is 8.80 Å². The second-order valence-electron chi connectivity index (χ2n) is 3.46. The third-order valence-electron chi connectivity index (χ3n) is 2.21. The number of rotatable bonds is 9. The van der Waals surface area contributed by atoms with Crippen molar-refractivity contribution in [2.75, 3.05) is 20.8 Å². The molecule has 0 atom stereocenters. The van der Waals surface area contributed by atoms with E-state index in [0.717, 1.165) is 0 Å². The molecule has 0 rings (SSSR count). The van der Waals surface area contributed by atoms with Crippen molar-refractivity contribution >= 4 is 8.80 Å². The first-order chi connectivity index (χ1) is 7.92. The lowest BCUT2D eigenvalue weighted by Gasteiger charge is -2.30. The standard InChI is InChI=1S/C10H21NO5Si/c1-8(12)10(9(2)13)16-17(14-3,15-4)7-5-6-11/h10,12-13H,1-2,5-7,11H2,3-4H3. The Morgan fingerprint density at radius 3 is 2.00 bits per heavy atom. The summed E-state index contributed by atoms with van der Waals surface area (Å²) in [5.41, 5.74) is 5.42. The Hall–Kier alpha value is -0.863. The van der Waals surface area contributed by atoms with Crippen molar-refractivity contribution in [2.24, 2.45) is 5.73 Å². The fraction of sp³-hybridized carbons (Fsp3) is 0.600. The Balaban J connectivity index is 4.81. The predicted molar refractivity (Wildman–Crippen MR) is 66.7 cm³/mol. The molecule has 0 fully saturated rings. The quantitative estimate of drug-likeness (QED) is 0.426. The second kappa shape index (κ2) is 7.46. The molecule has 0 bridgehead atoms. The van der Waals surface area contributed by atoms with Crippen molar-refractivity contribution in [2.45, 2.75) is 18.6 Å². The highest BCUT2D eigenvalue weighted by Crippen LogP contribution is 2.22. The van der Waals surface area contributed by atoms with Crippen LogP contribution in [0.5, 0.6) is 0 Å². The summed E-state index contributed by atoms with van der Waals surface area (Å²) in [6, 6.07) is 0.480. The Kier molecular flexibility index (Phi) is 7.08. The number of hydrogen-bond donors (Lipinski definition) is 3. The molecular formula is C10H21NO5Si. The molecule has 0 amide bonds. The minimum Gasteiger partial charge on any atom is -0.510 e. The molecule has 0 aliphatic carbocycles. The lowest BCUT2D eigenvalue weighted by Crippen LogP contribution is -2.47. The van der Waals surface area contributed by atoms with E-state index < -0.39 is 14.9 Å². The van der Waals surface area contributed by atoms with E-state index in [0.29, 0.717) is 19.0 Å². The van der Waals surface area contributed by atoms with Gasteiger partial charge in [-0.05, 0) is 13.0 Å². The molecule has 7 heteroatoms. The molecule has 0 aromatic carbocycles. The monoisotopic (exact) mass is 263 g/mol. The molecule has 6 nitrogen and oxygen atoms in total. The highest BCUT2D eigenvalue weighted by Gasteiger charge is 2.42. The topological polar surface area (TPSA) is 94.2 Å². The normalized spacial score (nSPS) is 11.8. The fourth-order valence-electron chi connectivity index (χ4n) is 1.27. The van der Waals surface area contributed by atoms with Crippen molar-refractivity contribution in [1.29, 1.82) is 0 Å². The fourth-order valence-corrected chi connectivity index (χ4v) is 3.42. The molecule has 0 spiro atoms. The zero-order chi connectivity index (χ0) is 13.5. The molecule has 0 aliphatic heterocycles. The Labute approximate surface area is 103 Å². The van der Waals surface area contributed by atoms with Gasteiger partial charge in [0.25, 0.3) is 0 Å². The van der Waals surface area contributed by atoms with Gasteiger partial charge in [0.15, 0.2) is 6.10 Å². The van der Waals surface area contributed by atoms with Crippen LogP contribution in [-0.2, 0) is 13.3 Å². The van der Waals surface area contributed by atoms with Crippen LogP contribution in [0, 0.1) is 0 Å². The smallest absolute Gasteiger partial charge is 0.501 e. The van der Waals surface area contributed by atoms with E-state index in [-0.39, 0.29) is 11.5 Å². The van der Waals surface area contributed by atoms with E-state index in [1.165, 1.54) is 14.2 Å². The molecule has 0 saturated carbocycles. The Morgan fingerprint density at radius 1 is 1.24 bits per heavy atom. The van der Waals surface area contributed by atoms with Crippen LogP contribution in [0.4, 0.5) is 0 Å². The minimum atomic E-state index is -2.97. The van der Waals surface area contributed by atoms with Gasteiger partial charge in [-0.2, -0.15) is 0 Å². The summed E-state index contributed by atoms with van der Waals surface area (Å²) in [6.45, 7) is 7.08. The first kappa shape index (κ1) is 16.1. The average molecular weight is 263 g/mol. The van der Waals surface area contributed by atoms with E-state index in [4.69, 9.17) is 19.0 Å². The first-order valence-corrected chi connectivity index (χ1v) is 7.09. The van der Waals surface area contributed by atoms with Crippen LogP contribution in [0.1, 0.15) is 6.42 Å². The van der Waals surface area contributed by atoms with E-state index in [9.17, 15) is 10.2 Å². The number of aliphatic hydroxyl groups excluding tert-OH is 2. The minimum absolute atomic E-state index is 0.351. The first-order valence-electron chi connectivity index (χ1n) is 5.16. The summed E-state index contributed by atoms with van der Waals surface area (Å²) in [5.74, 6) is -0.701. The third kappa shape index (κ3) is 4.88. The van der Waals surface area contributed by atoms with Crippen LogP contribution in [-0.4, -0.2) is 45.9 Å². The van der Waals surface area contributed by atoms with E-state index in [1.54, 1.807) is 0 Å². The molecule has 0 aliphatic rings. The number of hydrogen-bond acceptors (Lipinski definition) is 6. The lowest BCUT2D eigenvalue weighted by molar-refractivity contribution is 0.0497. The van der Waals surface area contributed by atoms with Gasteiger partial charge in [0.05, 0.1) is 0 Å². The second-order valence-corrected chi connectivity index (χ2v) is 6.38. The highest BCUT2D eigenvalue weighted by molar-refractivity contribution is 6.60. The summed E-state index contributed by atoms with van der Waals surface area (Å²) in [6.07, 6.45) is -0.462. The Morgan fingerprint density at radius 2 is 1.71 bits per heavy atom. The van der Waals surface area contributed by atoms with Gasteiger partial charge < -0.3 is 29.2 Å². The maximum absolute atomic E-state index is 9.31. The molecule has 4 N–H and O–H groups in total. The number of nitrogens with two attached hydrogens (primary N) is 1. The zero-order valence-electron chi connectivity index (χ0n) is 10.3. The molecule has 0 aromatic rings. The van der Waals surface area contributed by atoms with E-state index >= 15 is 0 Å². The summed E-state index contributed by atoms with van der Waals surface area (Å²) in [5, 5.41) is 18.6. The van der Waals surface area contributed by atoms with Crippen LogP contribution in [0.3, 0.4) is 0 Å². The molecule has 0 aromatic heterocycles. The molecular weight excluding hydrogens is 242 g/mol. The molecule has 17 heavy (non-hydrogen) atoms. The van der Waals surface area contributed by atoms with Crippen LogP contribution < -0.4 is 5.73 Å². The summed E-state index contributed by atoms with van der Waals surface area (Å²) < 4.78 is 16.0. The predicted octanol–water partition coefficient (Wildman–Crippen LogP) is 1.10. The summed E-state index contributed by atoms with van der Waals surface area (Å²) in [4.78, 5) is 0. The SMILES string of the molecule is C=C(O)C(O[Si](CCCN)(OC)OC)C(=C)O. The van der Waals surface area contributed by atoms with Gasteiger partial charge in [0.2, 0.25) is 0 Å². The molecule has 0 saturated heterocycles. The zero-order valence-corrected chi connectivity index (χ0v) is 11.3. The van der Waals surface area contributed by atoms with Crippen LogP contribution >= 0.6 is 0 Å². The molecule has 100 valence electrons. The molecule has 0 heterocycles. The summed E-state index contributed by atoms with van der Waals surface area (Å²) >= 11 is 0. The van der Waals surface area contributed by atoms with Gasteiger partial charge in [0.1, 0.15) is 11.5 Å². The molecule has 0 unspecified atom stereocenters. The Bertz CT molecular complexity index is 253. The summed E-state index contributed by atoms with van der Waals surface area (Å²) in [7, 11) is -0.0787. The van der Waals surface area contributed by atoms with Crippen molar-refractivity contribution in [3.05, 3.63) is 24.7 Å². The average Bonchev–Trinajstić information content (AvgIpc) is 2.29. The van der Waals surface area contributed by atoms with Crippen LogP contribution in [0.15, 0.2) is 24.7 Å². The highest BCUT2D eigenvalue weighted by atomic mass is 28.4. The van der Waals surface area contributed by atoms with Gasteiger partial charge in [-0.25, -0.2) is 0 Å². The lowest BCUT2D eigenvalue weighted by atomic mass is 10.3. The van der Waals surface area contributed by atoms with Crippen molar-refractivity contribution < 1.29 is 23.5 Å². The maximum Gasteiger partial charge on any atom is 0.501 e. The largest absolute Gasteiger partial charge is 0.510 e. The van der Waals surface area contributed by atoms with Gasteiger partial charge in [-0.3, -0.25) is 0 Å². The van der Waals surface area contributed by atoms with Gasteiger partial charge in [0, 0.05) is 20.3 Å². The van der Waals surface area contributed by atoms with Crippen LogP contribution in [0.2, 0.25) is 6.04 Å². The maximum atomic E-state index is 9.31. The number of aliphatic hydroxyl groups is 2. The van der Waals surface area contributed by atoms with Gasteiger partial charge in [-0.15, -0.1) is 0 Å². The van der Waals surface area contributed by atoms with Gasteiger partial charge in [-0.1, -0.05) is 13.2 Å². The van der Waals surface area contributed by atoms with Crippen molar-refractivity contribution in [1.82, 2.24) is 0 Å². The van der Waals surface area contributed by atoms with Crippen molar-refractivity contribution in [3.63, 3.8) is 0 Å². The van der Waals surface area contributed by atoms with Crippen LogP contribution in [0.25, 0.3) is 0 Å². The van der Waals surface area contributed by atoms with E-state index in [2.05, 4.69) is 13.2 Å². The van der Waals surface area contributed by atoms with E-state index in [1.807, 2.05) is 0 Å². The third-order valence-corrected chi connectivity index (χ3v) is 5.02. The molecule has 0 radical (unpaired) electrons. The van der Waals surface area contributed by atoms with Crippen molar-refractivity contribution in [3.8, 4) is 0 Å².